The molecule has 110 valence electrons. The molecule has 0 aliphatic carbocycles. The van der Waals surface area contributed by atoms with Crippen LogP contribution >= 0.6 is 0 Å². The first-order chi connectivity index (χ1) is 9.19. The zero-order valence-electron chi connectivity index (χ0n) is 12.4. The molecule has 0 saturated heterocycles. The summed E-state index contributed by atoms with van der Waals surface area (Å²) < 4.78 is 5.30. The van der Waals surface area contributed by atoms with E-state index in [4.69, 9.17) is 10.5 Å². The van der Waals surface area contributed by atoms with Crippen molar-refractivity contribution in [2.75, 3.05) is 0 Å². The van der Waals surface area contributed by atoms with Crippen LogP contribution in [0, 0.1) is 0 Å². The highest BCUT2D eigenvalue weighted by Gasteiger charge is 2.18. The second-order valence-electron chi connectivity index (χ2n) is 5.71. The predicted octanol–water partition coefficient (Wildman–Crippen LogP) is 1.61. The van der Waals surface area contributed by atoms with E-state index < -0.39 is 11.6 Å². The number of nitrogens with two attached hydrogens (primary N) is 1. The second-order valence-corrected chi connectivity index (χ2v) is 5.71. The molecule has 3 N–H and O–H groups in total. The van der Waals surface area contributed by atoms with Crippen molar-refractivity contribution in [1.82, 2.24) is 5.32 Å². The quantitative estimate of drug-likeness (QED) is 0.820. The molecular weight excluding hydrogens is 256 g/mol. The summed E-state index contributed by atoms with van der Waals surface area (Å²) in [6.07, 6.45) is 0. The molecule has 1 aromatic rings. The van der Waals surface area contributed by atoms with Gasteiger partial charge in [0.05, 0.1) is 11.6 Å². The maximum atomic E-state index is 11.9. The summed E-state index contributed by atoms with van der Waals surface area (Å²) in [5.74, 6) is -0.606. The highest BCUT2D eigenvalue weighted by molar-refractivity contribution is 5.90. The molecule has 1 atom stereocenters. The van der Waals surface area contributed by atoms with Crippen molar-refractivity contribution in [3.63, 3.8) is 0 Å². The van der Waals surface area contributed by atoms with Gasteiger partial charge in [0.15, 0.2) is 0 Å². The summed E-state index contributed by atoms with van der Waals surface area (Å²) in [7, 11) is 0. The van der Waals surface area contributed by atoms with Gasteiger partial charge >= 0.3 is 5.97 Å². The van der Waals surface area contributed by atoms with Crippen LogP contribution in [0.2, 0.25) is 0 Å². The van der Waals surface area contributed by atoms with Crippen LogP contribution in [0.1, 0.15) is 43.6 Å². The summed E-state index contributed by atoms with van der Waals surface area (Å²) in [4.78, 5) is 23.3. The van der Waals surface area contributed by atoms with Gasteiger partial charge in [0.25, 0.3) is 0 Å². The van der Waals surface area contributed by atoms with Crippen molar-refractivity contribution in [2.24, 2.45) is 5.73 Å². The van der Waals surface area contributed by atoms with Gasteiger partial charge in [0.1, 0.15) is 5.60 Å². The molecule has 5 nitrogen and oxygen atoms in total. The Balaban J connectivity index is 2.71. The van der Waals surface area contributed by atoms with Gasteiger partial charge in [0.2, 0.25) is 5.91 Å². The lowest BCUT2D eigenvalue weighted by atomic mass is 10.1. The van der Waals surface area contributed by atoms with Crippen molar-refractivity contribution < 1.29 is 14.3 Å². The Morgan fingerprint density at radius 1 is 1.35 bits per heavy atom. The highest BCUT2D eigenvalue weighted by Crippen LogP contribution is 2.13. The van der Waals surface area contributed by atoms with Gasteiger partial charge in [-0.25, -0.2) is 4.79 Å². The molecule has 0 saturated carbocycles. The summed E-state index contributed by atoms with van der Waals surface area (Å²) in [5.41, 5.74) is 6.22. The first kappa shape index (κ1) is 16.2. The lowest BCUT2D eigenvalue weighted by Crippen LogP contribution is -2.37. The van der Waals surface area contributed by atoms with Crippen molar-refractivity contribution in [3.8, 4) is 0 Å². The van der Waals surface area contributed by atoms with Crippen LogP contribution in [0.3, 0.4) is 0 Å². The van der Waals surface area contributed by atoms with Crippen molar-refractivity contribution in [2.45, 2.75) is 45.9 Å². The molecule has 0 aliphatic heterocycles. The molecule has 1 amide bonds. The molecule has 20 heavy (non-hydrogen) atoms. The SMILES string of the molecule is CC(N)C(=O)NCc1cccc(C(=O)OC(C)(C)C)c1. The molecule has 5 heteroatoms. The van der Waals surface area contributed by atoms with Crippen LogP contribution < -0.4 is 11.1 Å². The second kappa shape index (κ2) is 6.52. The van der Waals surface area contributed by atoms with Crippen molar-refractivity contribution in [1.29, 1.82) is 0 Å². The average Bonchev–Trinajstić information content (AvgIpc) is 2.34. The number of rotatable bonds is 4. The average molecular weight is 278 g/mol. The largest absolute Gasteiger partial charge is 0.456 e. The van der Waals surface area contributed by atoms with E-state index in [2.05, 4.69) is 5.32 Å². The molecular formula is C15H22N2O3. The number of benzene rings is 1. The lowest BCUT2D eigenvalue weighted by Gasteiger charge is -2.19. The van der Waals surface area contributed by atoms with Gasteiger partial charge in [-0.05, 0) is 45.4 Å². The van der Waals surface area contributed by atoms with Gasteiger partial charge < -0.3 is 15.8 Å². The number of carbonyl (C=O) groups is 2. The maximum absolute atomic E-state index is 11.9. The molecule has 0 aliphatic rings. The highest BCUT2D eigenvalue weighted by atomic mass is 16.6. The summed E-state index contributed by atoms with van der Waals surface area (Å²) in [6.45, 7) is 7.40. The van der Waals surface area contributed by atoms with E-state index in [0.717, 1.165) is 5.56 Å². The Hall–Kier alpha value is -1.88. The summed E-state index contributed by atoms with van der Waals surface area (Å²) in [5, 5.41) is 2.70. The fraction of sp³-hybridized carbons (Fsp3) is 0.467. The molecule has 0 aromatic heterocycles. The number of nitrogens with one attached hydrogen (secondary N) is 1. The zero-order valence-corrected chi connectivity index (χ0v) is 12.4. The van der Waals surface area contributed by atoms with Crippen LogP contribution in [0.15, 0.2) is 24.3 Å². The van der Waals surface area contributed by atoms with E-state index in [0.29, 0.717) is 12.1 Å². The smallest absolute Gasteiger partial charge is 0.338 e. The minimum atomic E-state index is -0.552. The fourth-order valence-corrected chi connectivity index (χ4v) is 1.50. The third-order valence-electron chi connectivity index (χ3n) is 2.44. The van der Waals surface area contributed by atoms with Crippen LogP contribution in [0.4, 0.5) is 0 Å². The number of hydrogen-bond donors (Lipinski definition) is 2. The first-order valence-corrected chi connectivity index (χ1v) is 6.54. The van der Waals surface area contributed by atoms with Crippen LogP contribution in [0.25, 0.3) is 0 Å². The number of amides is 1. The Morgan fingerprint density at radius 3 is 2.55 bits per heavy atom. The third kappa shape index (κ3) is 5.40. The molecule has 1 aromatic carbocycles. The van der Waals surface area contributed by atoms with E-state index in [-0.39, 0.29) is 11.9 Å². The van der Waals surface area contributed by atoms with Gasteiger partial charge in [-0.3, -0.25) is 4.79 Å². The molecule has 0 heterocycles. The Morgan fingerprint density at radius 2 is 2.00 bits per heavy atom. The van der Waals surface area contributed by atoms with Gasteiger partial charge in [-0.2, -0.15) is 0 Å². The standard InChI is InChI=1S/C15H22N2O3/c1-10(16)13(18)17-9-11-6-5-7-12(8-11)14(19)20-15(2,3)4/h5-8,10H,9,16H2,1-4H3,(H,17,18). The number of hydrogen-bond acceptors (Lipinski definition) is 4. The zero-order chi connectivity index (χ0) is 15.3. The normalized spacial score (nSPS) is 12.7. The first-order valence-electron chi connectivity index (χ1n) is 6.54. The van der Waals surface area contributed by atoms with E-state index >= 15 is 0 Å². The van der Waals surface area contributed by atoms with E-state index in [1.54, 1.807) is 25.1 Å². The number of ether oxygens (including phenoxy) is 1. The van der Waals surface area contributed by atoms with E-state index in [1.807, 2.05) is 26.8 Å². The van der Waals surface area contributed by atoms with E-state index in [1.165, 1.54) is 0 Å². The van der Waals surface area contributed by atoms with Crippen LogP contribution in [-0.4, -0.2) is 23.5 Å². The Bertz CT molecular complexity index is 490. The Labute approximate surface area is 119 Å². The van der Waals surface area contributed by atoms with Crippen LogP contribution in [0.5, 0.6) is 0 Å². The summed E-state index contributed by atoms with van der Waals surface area (Å²) >= 11 is 0. The predicted molar refractivity (Wildman–Crippen MR) is 77.1 cm³/mol. The molecule has 0 spiro atoms. The molecule has 1 rings (SSSR count). The monoisotopic (exact) mass is 278 g/mol. The molecule has 0 fully saturated rings. The topological polar surface area (TPSA) is 81.4 Å². The van der Waals surface area contributed by atoms with E-state index in [9.17, 15) is 9.59 Å². The minimum Gasteiger partial charge on any atom is -0.456 e. The molecule has 0 radical (unpaired) electrons. The van der Waals surface area contributed by atoms with Crippen molar-refractivity contribution in [3.05, 3.63) is 35.4 Å². The minimum absolute atomic E-state index is 0.229. The maximum Gasteiger partial charge on any atom is 0.338 e. The lowest BCUT2D eigenvalue weighted by molar-refractivity contribution is -0.122. The summed E-state index contributed by atoms with van der Waals surface area (Å²) in [6, 6.07) is 6.42. The molecule has 1 unspecified atom stereocenters. The van der Waals surface area contributed by atoms with Gasteiger partial charge in [0, 0.05) is 6.54 Å². The number of carbonyl (C=O) groups excluding carboxylic acids is 2. The molecule has 0 bridgehead atoms. The number of esters is 1. The van der Waals surface area contributed by atoms with Crippen molar-refractivity contribution >= 4 is 11.9 Å². The van der Waals surface area contributed by atoms with Crippen LogP contribution in [-0.2, 0) is 16.1 Å². The van der Waals surface area contributed by atoms with Gasteiger partial charge in [-0.15, -0.1) is 0 Å². The Kier molecular flexibility index (Phi) is 5.27. The third-order valence-corrected chi connectivity index (χ3v) is 2.44. The van der Waals surface area contributed by atoms with Gasteiger partial charge in [-0.1, -0.05) is 12.1 Å². The fourth-order valence-electron chi connectivity index (χ4n) is 1.50.